The normalized spacial score (nSPS) is 18.1. The molecule has 5 rings (SSSR count). The third-order valence-corrected chi connectivity index (χ3v) is 6.52. The second-order valence-corrected chi connectivity index (χ2v) is 8.69. The maximum Gasteiger partial charge on any atom is 0.237 e. The maximum atomic E-state index is 13.3. The van der Waals surface area contributed by atoms with Crippen LogP contribution in [-0.2, 0) is 29.0 Å². The summed E-state index contributed by atoms with van der Waals surface area (Å²) in [5.74, 6) is 1.77. The number of fused-ring (bicyclic) bond motifs is 2. The largest absolute Gasteiger partial charge is 0.454 e. The van der Waals surface area contributed by atoms with Gasteiger partial charge in [-0.2, -0.15) is 0 Å². The van der Waals surface area contributed by atoms with Crippen molar-refractivity contribution in [2.75, 3.05) is 59.3 Å². The lowest BCUT2D eigenvalue weighted by Crippen LogP contribution is -2.45. The number of carbonyl (C=O) groups is 1. The lowest BCUT2D eigenvalue weighted by Gasteiger charge is -2.33. The molecule has 0 N–H and O–H groups in total. The van der Waals surface area contributed by atoms with E-state index >= 15 is 0 Å². The Morgan fingerprint density at radius 2 is 1.78 bits per heavy atom. The van der Waals surface area contributed by atoms with E-state index in [1.165, 1.54) is 11.1 Å². The van der Waals surface area contributed by atoms with Crippen LogP contribution >= 0.6 is 0 Å². The fraction of sp³-hybridized carbons (Fsp3) is 0.480. The van der Waals surface area contributed by atoms with Gasteiger partial charge in [-0.3, -0.25) is 14.6 Å². The van der Waals surface area contributed by atoms with Gasteiger partial charge in [0.15, 0.2) is 11.5 Å². The fourth-order valence-electron chi connectivity index (χ4n) is 4.62. The van der Waals surface area contributed by atoms with Gasteiger partial charge in [0.25, 0.3) is 0 Å². The first kappa shape index (κ1) is 21.2. The third kappa shape index (κ3) is 5.06. The number of amides is 1. The Labute approximate surface area is 189 Å². The van der Waals surface area contributed by atoms with Crippen LogP contribution in [0.4, 0.5) is 0 Å². The average Bonchev–Trinajstić information content (AvgIpc) is 3.31. The van der Waals surface area contributed by atoms with Gasteiger partial charge in [-0.15, -0.1) is 0 Å². The molecular weight excluding hydrogens is 406 g/mol. The molecule has 2 aromatic rings. The molecule has 0 bridgehead atoms. The van der Waals surface area contributed by atoms with Crippen molar-refractivity contribution in [2.24, 2.45) is 0 Å². The number of hydrogen-bond acceptors (Lipinski definition) is 6. The average molecular weight is 438 g/mol. The third-order valence-electron chi connectivity index (χ3n) is 6.52. The first-order valence-corrected chi connectivity index (χ1v) is 11.5. The van der Waals surface area contributed by atoms with Gasteiger partial charge in [-0.05, 0) is 35.2 Å². The van der Waals surface area contributed by atoms with Gasteiger partial charge in [0.1, 0.15) is 0 Å². The first-order chi connectivity index (χ1) is 15.7. The van der Waals surface area contributed by atoms with Gasteiger partial charge in [-0.25, -0.2) is 0 Å². The van der Waals surface area contributed by atoms with Gasteiger partial charge in [0.05, 0.1) is 19.8 Å². The summed E-state index contributed by atoms with van der Waals surface area (Å²) in [5.41, 5.74) is 3.76. The molecule has 170 valence electrons. The van der Waals surface area contributed by atoms with Crippen LogP contribution in [0.1, 0.15) is 16.7 Å². The van der Waals surface area contributed by atoms with Gasteiger partial charge in [-0.1, -0.05) is 30.3 Å². The van der Waals surface area contributed by atoms with Crippen LogP contribution in [0.25, 0.3) is 0 Å². The van der Waals surface area contributed by atoms with Crippen molar-refractivity contribution in [3.8, 4) is 11.5 Å². The van der Waals surface area contributed by atoms with Crippen molar-refractivity contribution in [3.05, 3.63) is 59.2 Å². The van der Waals surface area contributed by atoms with Crippen LogP contribution < -0.4 is 9.47 Å². The highest BCUT2D eigenvalue weighted by Gasteiger charge is 2.23. The van der Waals surface area contributed by atoms with E-state index in [0.29, 0.717) is 19.6 Å². The van der Waals surface area contributed by atoms with E-state index in [9.17, 15) is 4.79 Å². The van der Waals surface area contributed by atoms with Gasteiger partial charge in [0.2, 0.25) is 12.7 Å². The summed E-state index contributed by atoms with van der Waals surface area (Å²) < 4.78 is 16.5. The highest BCUT2D eigenvalue weighted by molar-refractivity contribution is 5.78. The van der Waals surface area contributed by atoms with Crippen LogP contribution in [0.5, 0.6) is 11.5 Å². The molecule has 7 heteroatoms. The molecule has 1 amide bonds. The Bertz CT molecular complexity index is 945. The zero-order chi connectivity index (χ0) is 21.8. The highest BCUT2D eigenvalue weighted by atomic mass is 16.7. The summed E-state index contributed by atoms with van der Waals surface area (Å²) in [6.07, 6.45) is 0.928. The number of hydrogen-bond donors (Lipinski definition) is 0. The number of benzene rings is 2. The standard InChI is InChI=1S/C25H31N3O4/c29-25(28-8-7-21-3-1-2-4-22(21)17-28)18-27(10-9-26-11-13-30-14-12-26)16-20-5-6-23-24(15-20)32-19-31-23/h1-6,15H,7-14,16-19H2. The number of nitrogens with zero attached hydrogens (tertiary/aromatic N) is 3. The molecule has 7 nitrogen and oxygen atoms in total. The zero-order valence-electron chi connectivity index (χ0n) is 18.5. The van der Waals surface area contributed by atoms with Crippen molar-refractivity contribution in [1.82, 2.24) is 14.7 Å². The molecule has 32 heavy (non-hydrogen) atoms. The number of rotatable bonds is 7. The van der Waals surface area contributed by atoms with E-state index in [1.54, 1.807) is 0 Å². The Morgan fingerprint density at radius 1 is 0.969 bits per heavy atom. The van der Waals surface area contributed by atoms with E-state index in [0.717, 1.165) is 69.4 Å². The molecule has 0 unspecified atom stereocenters. The van der Waals surface area contributed by atoms with E-state index in [2.05, 4.69) is 40.1 Å². The molecule has 3 aliphatic heterocycles. The lowest BCUT2D eigenvalue weighted by molar-refractivity contribution is -0.133. The van der Waals surface area contributed by atoms with E-state index in [1.807, 2.05) is 17.0 Å². The molecule has 1 saturated heterocycles. The molecule has 0 saturated carbocycles. The lowest BCUT2D eigenvalue weighted by atomic mass is 10.00. The summed E-state index contributed by atoms with van der Waals surface area (Å²) >= 11 is 0. The summed E-state index contributed by atoms with van der Waals surface area (Å²) in [4.78, 5) is 19.9. The van der Waals surface area contributed by atoms with Crippen LogP contribution in [0.3, 0.4) is 0 Å². The molecule has 0 aliphatic carbocycles. The van der Waals surface area contributed by atoms with Crippen molar-refractivity contribution in [3.63, 3.8) is 0 Å². The summed E-state index contributed by atoms with van der Waals surface area (Å²) in [7, 11) is 0. The van der Waals surface area contributed by atoms with Crippen molar-refractivity contribution >= 4 is 5.91 Å². The van der Waals surface area contributed by atoms with E-state index in [-0.39, 0.29) is 12.7 Å². The topological polar surface area (TPSA) is 54.5 Å². The molecular formula is C25H31N3O4. The van der Waals surface area contributed by atoms with Crippen molar-refractivity contribution < 1.29 is 19.0 Å². The summed E-state index contributed by atoms with van der Waals surface area (Å²) in [6.45, 7) is 8.14. The predicted octanol–water partition coefficient (Wildman–Crippen LogP) is 2.13. The first-order valence-electron chi connectivity index (χ1n) is 11.5. The smallest absolute Gasteiger partial charge is 0.237 e. The van der Waals surface area contributed by atoms with Crippen LogP contribution in [-0.4, -0.2) is 79.9 Å². The predicted molar refractivity (Wildman–Crippen MR) is 121 cm³/mol. The molecule has 3 heterocycles. The summed E-state index contributed by atoms with van der Waals surface area (Å²) in [6, 6.07) is 14.5. The molecule has 3 aliphatic rings. The summed E-state index contributed by atoms with van der Waals surface area (Å²) in [5, 5.41) is 0. The molecule has 1 fully saturated rings. The van der Waals surface area contributed by atoms with Crippen molar-refractivity contribution in [2.45, 2.75) is 19.5 Å². The van der Waals surface area contributed by atoms with Gasteiger partial charge >= 0.3 is 0 Å². The quantitative estimate of drug-likeness (QED) is 0.662. The molecule has 0 aromatic heterocycles. The second kappa shape index (κ2) is 9.90. The highest BCUT2D eigenvalue weighted by Crippen LogP contribution is 2.32. The van der Waals surface area contributed by atoms with Gasteiger partial charge < -0.3 is 19.1 Å². The molecule has 0 atom stereocenters. The number of carbonyl (C=O) groups excluding carboxylic acids is 1. The fourth-order valence-corrected chi connectivity index (χ4v) is 4.62. The second-order valence-electron chi connectivity index (χ2n) is 8.69. The minimum Gasteiger partial charge on any atom is -0.454 e. The van der Waals surface area contributed by atoms with Crippen molar-refractivity contribution in [1.29, 1.82) is 0 Å². The van der Waals surface area contributed by atoms with E-state index in [4.69, 9.17) is 14.2 Å². The Balaban J connectivity index is 1.25. The molecule has 0 radical (unpaired) electrons. The maximum absolute atomic E-state index is 13.3. The molecule has 2 aromatic carbocycles. The Kier molecular flexibility index (Phi) is 6.57. The monoisotopic (exact) mass is 437 g/mol. The minimum atomic E-state index is 0.197. The zero-order valence-corrected chi connectivity index (χ0v) is 18.5. The van der Waals surface area contributed by atoms with Crippen LogP contribution in [0, 0.1) is 0 Å². The van der Waals surface area contributed by atoms with Crippen LogP contribution in [0.2, 0.25) is 0 Å². The molecule has 0 spiro atoms. The minimum absolute atomic E-state index is 0.197. The Hall–Kier alpha value is -2.61. The van der Waals surface area contributed by atoms with E-state index < -0.39 is 0 Å². The van der Waals surface area contributed by atoms with Crippen LogP contribution in [0.15, 0.2) is 42.5 Å². The van der Waals surface area contributed by atoms with Gasteiger partial charge in [0, 0.05) is 45.8 Å². The number of ether oxygens (including phenoxy) is 3. The Morgan fingerprint density at radius 3 is 2.66 bits per heavy atom. The number of morpholine rings is 1. The SMILES string of the molecule is O=C(CN(CCN1CCOCC1)Cc1ccc2c(c1)OCO2)N1CCc2ccccc2C1.